The predicted molar refractivity (Wildman–Crippen MR) is 67.5 cm³/mol. The number of nitrogens with one attached hydrogen (secondary N) is 1. The van der Waals surface area contributed by atoms with Gasteiger partial charge in [0.25, 0.3) is 0 Å². The number of likely N-dealkylation sites (tertiary alicyclic amines) is 1. The number of hydrogen-bond acceptors (Lipinski definition) is 4. The van der Waals surface area contributed by atoms with Crippen molar-refractivity contribution < 1.29 is 4.74 Å². The van der Waals surface area contributed by atoms with Crippen molar-refractivity contribution in [2.24, 2.45) is 0 Å². The zero-order valence-corrected chi connectivity index (χ0v) is 10.7. The van der Waals surface area contributed by atoms with Gasteiger partial charge in [-0.3, -0.25) is 0 Å². The fraction of sp³-hybridized carbons (Fsp3) is 1.00. The summed E-state index contributed by atoms with van der Waals surface area (Å²) < 4.78 is 5.96. The summed E-state index contributed by atoms with van der Waals surface area (Å²) in [5.41, 5.74) is 3.51. The molecule has 0 spiro atoms. The number of hydrazine groups is 1. The summed E-state index contributed by atoms with van der Waals surface area (Å²) in [6.07, 6.45) is 8.28. The number of rotatable bonds is 4. The number of nitrogens with zero attached hydrogens (tertiary/aromatic N) is 2. The standard InChI is InChI=1S/C13H25N3O/c1-2-8-16-12(5-1)11-13(14-16)17-10-9-15-6-3-4-7-15/h12-14H,1-11H2. The minimum Gasteiger partial charge on any atom is -0.361 e. The molecule has 0 aliphatic carbocycles. The molecule has 2 unspecified atom stereocenters. The topological polar surface area (TPSA) is 27.7 Å². The number of fused-ring (bicyclic) bond motifs is 1. The second-order valence-corrected chi connectivity index (χ2v) is 5.62. The molecule has 0 bridgehead atoms. The minimum atomic E-state index is 0.278. The van der Waals surface area contributed by atoms with E-state index in [9.17, 15) is 0 Å². The van der Waals surface area contributed by atoms with Crippen LogP contribution in [0.4, 0.5) is 0 Å². The van der Waals surface area contributed by atoms with E-state index in [1.807, 2.05) is 0 Å². The van der Waals surface area contributed by atoms with Crippen LogP contribution in [0.5, 0.6) is 0 Å². The predicted octanol–water partition coefficient (Wildman–Crippen LogP) is 1.19. The summed E-state index contributed by atoms with van der Waals surface area (Å²) in [7, 11) is 0. The summed E-state index contributed by atoms with van der Waals surface area (Å²) in [6.45, 7) is 5.75. The number of piperidine rings is 1. The Morgan fingerprint density at radius 3 is 2.71 bits per heavy atom. The fourth-order valence-corrected chi connectivity index (χ4v) is 3.34. The van der Waals surface area contributed by atoms with Gasteiger partial charge >= 0.3 is 0 Å². The minimum absolute atomic E-state index is 0.278. The normalized spacial score (nSPS) is 35.3. The van der Waals surface area contributed by atoms with E-state index < -0.39 is 0 Å². The van der Waals surface area contributed by atoms with Gasteiger partial charge in [-0.15, -0.1) is 0 Å². The molecule has 3 aliphatic heterocycles. The number of ether oxygens (including phenoxy) is 1. The Morgan fingerprint density at radius 1 is 1.06 bits per heavy atom. The molecule has 1 N–H and O–H groups in total. The van der Waals surface area contributed by atoms with Gasteiger partial charge in [-0.25, -0.2) is 10.4 Å². The Labute approximate surface area is 104 Å². The molecule has 4 heteroatoms. The van der Waals surface area contributed by atoms with Crippen LogP contribution in [0.15, 0.2) is 0 Å². The monoisotopic (exact) mass is 239 g/mol. The first-order valence-electron chi connectivity index (χ1n) is 7.28. The van der Waals surface area contributed by atoms with Gasteiger partial charge in [-0.1, -0.05) is 6.42 Å². The van der Waals surface area contributed by atoms with E-state index in [1.165, 1.54) is 58.2 Å². The van der Waals surface area contributed by atoms with Crippen molar-refractivity contribution in [1.82, 2.24) is 15.3 Å². The van der Waals surface area contributed by atoms with E-state index in [0.717, 1.165) is 19.2 Å². The molecule has 0 saturated carbocycles. The van der Waals surface area contributed by atoms with E-state index in [1.54, 1.807) is 0 Å². The lowest BCUT2D eigenvalue weighted by Gasteiger charge is -2.28. The Bertz CT molecular complexity index is 229. The first-order chi connectivity index (χ1) is 8.42. The molecule has 0 radical (unpaired) electrons. The van der Waals surface area contributed by atoms with E-state index in [4.69, 9.17) is 4.74 Å². The van der Waals surface area contributed by atoms with Gasteiger partial charge < -0.3 is 9.64 Å². The van der Waals surface area contributed by atoms with Crippen LogP contribution >= 0.6 is 0 Å². The Hall–Kier alpha value is -0.160. The molecule has 0 amide bonds. The smallest absolute Gasteiger partial charge is 0.122 e. The second-order valence-electron chi connectivity index (χ2n) is 5.62. The third-order valence-corrected chi connectivity index (χ3v) is 4.35. The first-order valence-corrected chi connectivity index (χ1v) is 7.28. The van der Waals surface area contributed by atoms with Crippen LogP contribution in [0.1, 0.15) is 38.5 Å². The molecule has 98 valence electrons. The molecule has 2 atom stereocenters. The molecule has 0 aromatic rings. The van der Waals surface area contributed by atoms with Crippen molar-refractivity contribution in [3.63, 3.8) is 0 Å². The molecule has 3 saturated heterocycles. The van der Waals surface area contributed by atoms with E-state index >= 15 is 0 Å². The maximum absolute atomic E-state index is 5.96. The maximum Gasteiger partial charge on any atom is 0.122 e. The van der Waals surface area contributed by atoms with Gasteiger partial charge in [0.2, 0.25) is 0 Å². The molecule has 3 aliphatic rings. The summed E-state index contributed by atoms with van der Waals surface area (Å²) in [4.78, 5) is 2.52. The number of hydrogen-bond donors (Lipinski definition) is 1. The average molecular weight is 239 g/mol. The average Bonchev–Trinajstić information content (AvgIpc) is 2.96. The molecule has 3 rings (SSSR count). The Morgan fingerprint density at radius 2 is 1.88 bits per heavy atom. The molecule has 3 heterocycles. The quantitative estimate of drug-likeness (QED) is 0.797. The van der Waals surface area contributed by atoms with Gasteiger partial charge in [0.05, 0.1) is 6.61 Å². The highest BCUT2D eigenvalue weighted by Crippen LogP contribution is 2.24. The van der Waals surface area contributed by atoms with Crippen LogP contribution in [0.3, 0.4) is 0 Å². The van der Waals surface area contributed by atoms with Crippen LogP contribution in [-0.2, 0) is 4.74 Å². The zero-order valence-electron chi connectivity index (χ0n) is 10.7. The van der Waals surface area contributed by atoms with Crippen LogP contribution in [0.25, 0.3) is 0 Å². The largest absolute Gasteiger partial charge is 0.361 e. The second kappa shape index (κ2) is 5.65. The molecule has 0 aromatic heterocycles. The van der Waals surface area contributed by atoms with Crippen molar-refractivity contribution in [3.05, 3.63) is 0 Å². The van der Waals surface area contributed by atoms with Crippen molar-refractivity contribution in [3.8, 4) is 0 Å². The molecule has 17 heavy (non-hydrogen) atoms. The first kappa shape index (κ1) is 11.9. The zero-order chi connectivity index (χ0) is 11.5. The van der Waals surface area contributed by atoms with Gasteiger partial charge in [-0.05, 0) is 38.8 Å². The van der Waals surface area contributed by atoms with Crippen LogP contribution in [0.2, 0.25) is 0 Å². The Kier molecular flexibility index (Phi) is 3.96. The molecule has 4 nitrogen and oxygen atoms in total. The van der Waals surface area contributed by atoms with Gasteiger partial charge in [0, 0.05) is 25.6 Å². The summed E-state index contributed by atoms with van der Waals surface area (Å²) >= 11 is 0. The molecule has 0 aromatic carbocycles. The van der Waals surface area contributed by atoms with E-state index in [-0.39, 0.29) is 6.23 Å². The van der Waals surface area contributed by atoms with Crippen LogP contribution in [-0.4, -0.2) is 55.0 Å². The lowest BCUT2D eigenvalue weighted by molar-refractivity contribution is 0.00707. The van der Waals surface area contributed by atoms with Crippen molar-refractivity contribution >= 4 is 0 Å². The van der Waals surface area contributed by atoms with Gasteiger partial charge in [-0.2, -0.15) is 0 Å². The summed E-state index contributed by atoms with van der Waals surface area (Å²) in [6, 6.07) is 0.737. The summed E-state index contributed by atoms with van der Waals surface area (Å²) in [5.74, 6) is 0. The highest BCUT2D eigenvalue weighted by molar-refractivity contribution is 4.83. The lowest BCUT2D eigenvalue weighted by Crippen LogP contribution is -2.43. The SMILES string of the molecule is C1CCN2NC(OCCN3CCCC3)CC2C1. The Balaban J connectivity index is 1.35. The summed E-state index contributed by atoms with van der Waals surface area (Å²) in [5, 5.41) is 2.41. The third kappa shape index (κ3) is 2.99. The van der Waals surface area contributed by atoms with Crippen molar-refractivity contribution in [2.75, 3.05) is 32.8 Å². The molecular weight excluding hydrogens is 214 g/mol. The lowest BCUT2D eigenvalue weighted by atomic mass is 10.0. The van der Waals surface area contributed by atoms with Crippen molar-refractivity contribution in [2.45, 2.75) is 50.8 Å². The van der Waals surface area contributed by atoms with Gasteiger partial charge in [0.1, 0.15) is 6.23 Å². The van der Waals surface area contributed by atoms with Crippen LogP contribution < -0.4 is 5.43 Å². The molecule has 3 fully saturated rings. The molecular formula is C13H25N3O. The van der Waals surface area contributed by atoms with E-state index in [0.29, 0.717) is 0 Å². The fourth-order valence-electron chi connectivity index (χ4n) is 3.34. The van der Waals surface area contributed by atoms with Crippen LogP contribution in [0, 0.1) is 0 Å². The maximum atomic E-state index is 5.96. The highest BCUT2D eigenvalue weighted by Gasteiger charge is 2.33. The van der Waals surface area contributed by atoms with Crippen molar-refractivity contribution in [1.29, 1.82) is 0 Å². The van der Waals surface area contributed by atoms with E-state index in [2.05, 4.69) is 15.3 Å². The third-order valence-electron chi connectivity index (χ3n) is 4.35. The van der Waals surface area contributed by atoms with Gasteiger partial charge in [0.15, 0.2) is 0 Å². The highest BCUT2D eigenvalue weighted by atomic mass is 16.5.